The third-order valence-corrected chi connectivity index (χ3v) is 9.92. The molecule has 10 nitrogen and oxygen atoms in total. The average molecular weight is 582 g/mol. The quantitative estimate of drug-likeness (QED) is 0.427. The van der Waals surface area contributed by atoms with Crippen LogP contribution in [0.25, 0.3) is 21.6 Å². The van der Waals surface area contributed by atoms with Crippen molar-refractivity contribution in [3.05, 3.63) is 17.1 Å². The van der Waals surface area contributed by atoms with E-state index in [1.54, 1.807) is 16.8 Å². The number of amides is 1. The molecule has 1 amide bonds. The summed E-state index contributed by atoms with van der Waals surface area (Å²) in [4.78, 5) is 16.8. The molecule has 1 atom stereocenters. The Balaban J connectivity index is 1.66. The van der Waals surface area contributed by atoms with Crippen molar-refractivity contribution in [2.45, 2.75) is 76.9 Å². The van der Waals surface area contributed by atoms with E-state index in [2.05, 4.69) is 24.9 Å². The number of aryl methyl sites for hydroxylation is 1. The summed E-state index contributed by atoms with van der Waals surface area (Å²) >= 11 is 0.743. The molecule has 1 saturated heterocycles. The summed E-state index contributed by atoms with van der Waals surface area (Å²) in [6, 6.07) is 3.11. The van der Waals surface area contributed by atoms with Gasteiger partial charge in [0, 0.05) is 49.1 Å². The van der Waals surface area contributed by atoms with Gasteiger partial charge in [-0.05, 0) is 45.7 Å². The number of anilines is 1. The third kappa shape index (κ3) is 5.25. The molecule has 39 heavy (non-hydrogen) atoms. The molecular weight excluding hydrogens is 548 g/mol. The van der Waals surface area contributed by atoms with Crippen LogP contribution in [0.1, 0.15) is 58.9 Å². The first-order chi connectivity index (χ1) is 18.3. The fourth-order valence-electron chi connectivity index (χ4n) is 4.98. The van der Waals surface area contributed by atoms with Gasteiger partial charge >= 0.3 is 0 Å². The summed E-state index contributed by atoms with van der Waals surface area (Å²) in [7, 11) is -3.89. The minimum Gasteiger partial charge on any atom is -0.366 e. The molecule has 1 saturated carbocycles. The molecule has 2 aromatic heterocycles. The van der Waals surface area contributed by atoms with Crippen LogP contribution in [0.5, 0.6) is 0 Å². The van der Waals surface area contributed by atoms with Crippen LogP contribution >= 0.6 is 11.3 Å². The predicted molar refractivity (Wildman–Crippen MR) is 145 cm³/mol. The Morgan fingerprint density at radius 3 is 2.51 bits per heavy atom. The normalized spacial score (nSPS) is 19.5. The van der Waals surface area contributed by atoms with E-state index in [1.165, 1.54) is 0 Å². The summed E-state index contributed by atoms with van der Waals surface area (Å²) in [5.41, 5.74) is 1.19. The Hall–Kier alpha value is -2.71. The molecular formula is C25H33F2N7O3S2. The van der Waals surface area contributed by atoms with Crippen LogP contribution in [0, 0.1) is 5.92 Å². The van der Waals surface area contributed by atoms with Crippen molar-refractivity contribution in [1.29, 1.82) is 0 Å². The number of carbonyl (C=O) groups is 1. The number of sulfonamides is 1. The van der Waals surface area contributed by atoms with Crippen molar-refractivity contribution in [3.8, 4) is 10.7 Å². The van der Waals surface area contributed by atoms with E-state index < -0.39 is 27.0 Å². The lowest BCUT2D eigenvalue weighted by Gasteiger charge is -2.42. The number of piperazine rings is 1. The van der Waals surface area contributed by atoms with E-state index >= 15 is 0 Å². The molecule has 1 aliphatic carbocycles. The summed E-state index contributed by atoms with van der Waals surface area (Å²) in [5.74, 6) is -0.0411. The Morgan fingerprint density at radius 1 is 1.23 bits per heavy atom. The first-order valence-corrected chi connectivity index (χ1v) is 15.4. The molecule has 3 heterocycles. The number of nitrogens with zero attached hydrogens (tertiary/aromatic N) is 6. The molecule has 0 radical (unpaired) electrons. The zero-order valence-electron chi connectivity index (χ0n) is 22.6. The van der Waals surface area contributed by atoms with Gasteiger partial charge in [-0.2, -0.15) is 5.10 Å². The SMILES string of the molecule is CCn1nc(-c2nnc(C(F)F)s2)c2cc(S(=O)(=O)NC3(C)CC3)cc(N3CCN(C(=O)C(C)C)[C@@H](C)C3)c21. The van der Waals surface area contributed by atoms with E-state index in [0.29, 0.717) is 48.5 Å². The van der Waals surface area contributed by atoms with Gasteiger partial charge in [-0.1, -0.05) is 25.2 Å². The fourth-order valence-corrected chi connectivity index (χ4v) is 7.19. The lowest BCUT2D eigenvalue weighted by Crippen LogP contribution is -2.55. The van der Waals surface area contributed by atoms with Crippen LogP contribution in [0.3, 0.4) is 0 Å². The largest absolute Gasteiger partial charge is 0.366 e. The van der Waals surface area contributed by atoms with Crippen molar-refractivity contribution in [2.24, 2.45) is 5.92 Å². The molecule has 2 aliphatic rings. The molecule has 1 N–H and O–H groups in total. The van der Waals surface area contributed by atoms with Gasteiger partial charge in [0.1, 0.15) is 5.69 Å². The molecule has 212 valence electrons. The van der Waals surface area contributed by atoms with Gasteiger partial charge in [0.25, 0.3) is 6.43 Å². The number of aromatic nitrogens is 4. The zero-order valence-corrected chi connectivity index (χ0v) is 24.2. The summed E-state index contributed by atoms with van der Waals surface area (Å²) in [6.07, 6.45) is -1.26. The summed E-state index contributed by atoms with van der Waals surface area (Å²) in [6.45, 7) is 11.5. The second-order valence-corrected chi connectivity index (χ2v) is 13.6. The molecule has 3 aromatic rings. The Labute approximate surface area is 230 Å². The van der Waals surface area contributed by atoms with Gasteiger partial charge in [0.05, 0.1) is 16.1 Å². The van der Waals surface area contributed by atoms with Crippen molar-refractivity contribution >= 4 is 43.9 Å². The van der Waals surface area contributed by atoms with E-state index in [-0.39, 0.29) is 27.8 Å². The molecule has 0 unspecified atom stereocenters. The van der Waals surface area contributed by atoms with Crippen molar-refractivity contribution in [1.82, 2.24) is 29.6 Å². The number of alkyl halides is 2. The number of rotatable bonds is 8. The van der Waals surface area contributed by atoms with Gasteiger partial charge < -0.3 is 9.80 Å². The van der Waals surface area contributed by atoms with Crippen LogP contribution in [-0.4, -0.2) is 70.4 Å². The van der Waals surface area contributed by atoms with Gasteiger partial charge in [0.2, 0.25) is 15.9 Å². The number of halogens is 2. The highest BCUT2D eigenvalue weighted by Gasteiger charge is 2.42. The van der Waals surface area contributed by atoms with Crippen LogP contribution < -0.4 is 9.62 Å². The lowest BCUT2D eigenvalue weighted by molar-refractivity contribution is -0.136. The van der Waals surface area contributed by atoms with E-state index in [9.17, 15) is 22.0 Å². The highest BCUT2D eigenvalue weighted by molar-refractivity contribution is 7.89. The lowest BCUT2D eigenvalue weighted by atomic mass is 10.1. The molecule has 2 fully saturated rings. The smallest absolute Gasteiger partial charge is 0.291 e. The standard InChI is InChI=1S/C25H33F2N7O3S2/c1-6-34-20-17(19(30-34)22-28-29-23(38-22)21(26)27)11-16(39(36,37)31-25(5)7-8-25)12-18(20)32-9-10-33(15(4)13-32)24(35)14(2)3/h11-12,14-15,21,31H,6-10,13H2,1-5H3/t15-/m0/s1. The molecule has 14 heteroatoms. The van der Waals surface area contributed by atoms with Crippen LogP contribution in [0.2, 0.25) is 0 Å². The Morgan fingerprint density at radius 2 is 1.95 bits per heavy atom. The van der Waals surface area contributed by atoms with Gasteiger partial charge in [-0.25, -0.2) is 21.9 Å². The third-order valence-electron chi connectivity index (χ3n) is 7.36. The highest BCUT2D eigenvalue weighted by Crippen LogP contribution is 2.41. The highest BCUT2D eigenvalue weighted by atomic mass is 32.2. The second kappa shape index (κ2) is 10.0. The molecule has 0 spiro atoms. The average Bonchev–Trinajstić information content (AvgIpc) is 3.27. The monoisotopic (exact) mass is 581 g/mol. The van der Waals surface area contributed by atoms with Crippen LogP contribution in [0.15, 0.2) is 17.0 Å². The van der Waals surface area contributed by atoms with Gasteiger partial charge in [-0.15, -0.1) is 10.2 Å². The maximum absolute atomic E-state index is 13.5. The molecule has 1 aromatic carbocycles. The van der Waals surface area contributed by atoms with Crippen LogP contribution in [-0.2, 0) is 21.4 Å². The number of hydrogen-bond donors (Lipinski definition) is 1. The van der Waals surface area contributed by atoms with E-state index in [4.69, 9.17) is 0 Å². The summed E-state index contributed by atoms with van der Waals surface area (Å²) < 4.78 is 58.2. The number of hydrogen-bond acceptors (Lipinski definition) is 8. The number of nitrogens with one attached hydrogen (secondary N) is 1. The molecule has 1 aliphatic heterocycles. The maximum Gasteiger partial charge on any atom is 0.291 e. The maximum atomic E-state index is 13.5. The first kappa shape index (κ1) is 27.8. The number of benzene rings is 1. The molecule has 5 rings (SSSR count). The van der Waals surface area contributed by atoms with Gasteiger partial charge in [0.15, 0.2) is 10.0 Å². The molecule has 0 bridgehead atoms. The first-order valence-electron chi connectivity index (χ1n) is 13.1. The van der Waals surface area contributed by atoms with Gasteiger partial charge in [-0.3, -0.25) is 9.48 Å². The fraction of sp³-hybridized carbons (Fsp3) is 0.600. The number of fused-ring (bicyclic) bond motifs is 1. The zero-order chi connectivity index (χ0) is 28.3. The Bertz CT molecular complexity index is 1520. The Kier molecular flexibility index (Phi) is 7.17. The summed E-state index contributed by atoms with van der Waals surface area (Å²) in [5, 5.41) is 12.5. The second-order valence-electron chi connectivity index (χ2n) is 10.9. The minimum absolute atomic E-state index is 0.0713. The predicted octanol–water partition coefficient (Wildman–Crippen LogP) is 4.04. The van der Waals surface area contributed by atoms with Crippen molar-refractivity contribution < 1.29 is 22.0 Å². The van der Waals surface area contributed by atoms with Crippen molar-refractivity contribution in [3.63, 3.8) is 0 Å². The van der Waals surface area contributed by atoms with Crippen LogP contribution in [0.4, 0.5) is 14.5 Å². The number of carbonyl (C=O) groups excluding carboxylic acids is 1. The minimum atomic E-state index is -3.89. The van der Waals surface area contributed by atoms with Crippen molar-refractivity contribution in [2.75, 3.05) is 24.5 Å². The van der Waals surface area contributed by atoms with E-state index in [0.717, 1.165) is 24.2 Å². The van der Waals surface area contributed by atoms with E-state index in [1.807, 2.05) is 39.5 Å². The topological polar surface area (TPSA) is 113 Å².